The molecule has 0 aliphatic rings. The van der Waals surface area contributed by atoms with Gasteiger partial charge in [-0.2, -0.15) is 0 Å². The fourth-order valence-electron chi connectivity index (χ4n) is 2.40. The van der Waals surface area contributed by atoms with Crippen LogP contribution in [0.2, 0.25) is 0 Å². The summed E-state index contributed by atoms with van der Waals surface area (Å²) in [4.78, 5) is 5.88. The van der Waals surface area contributed by atoms with E-state index in [0.717, 1.165) is 16.5 Å². The van der Waals surface area contributed by atoms with Crippen LogP contribution in [0.3, 0.4) is 0 Å². The van der Waals surface area contributed by atoms with E-state index >= 15 is 0 Å². The van der Waals surface area contributed by atoms with E-state index in [1.165, 1.54) is 21.6 Å². The maximum Gasteiger partial charge on any atom is 0.118 e. The molecule has 0 aliphatic heterocycles. The number of hydrogen-bond donors (Lipinski definition) is 0. The van der Waals surface area contributed by atoms with Crippen LogP contribution in [-0.2, 0) is 0 Å². The summed E-state index contributed by atoms with van der Waals surface area (Å²) in [5, 5.41) is 1.11. The van der Waals surface area contributed by atoms with E-state index in [0.29, 0.717) is 0 Å². The highest BCUT2D eigenvalue weighted by atomic mass is 32.1. The Hall–Kier alpha value is -2.13. The van der Waals surface area contributed by atoms with Crippen molar-refractivity contribution in [1.82, 2.24) is 4.98 Å². The number of ether oxygens (including phenoxy) is 1. The molecule has 0 fully saturated rings. The third kappa shape index (κ3) is 2.83. The molecule has 0 aliphatic carbocycles. The molecule has 0 saturated heterocycles. The van der Waals surface area contributed by atoms with Crippen molar-refractivity contribution >= 4 is 11.3 Å². The van der Waals surface area contributed by atoms with Gasteiger partial charge in [0.25, 0.3) is 0 Å². The molecule has 1 aromatic heterocycles. The Kier molecular flexibility index (Phi) is 3.76. The molecule has 0 radical (unpaired) electrons. The molecule has 2 nitrogen and oxygen atoms in total. The lowest BCUT2D eigenvalue weighted by Crippen LogP contribution is -1.84. The number of benzene rings is 2. The van der Waals surface area contributed by atoms with Crippen LogP contribution < -0.4 is 4.74 Å². The number of aryl methyl sites for hydroxylation is 2. The standard InChI is InChI=1S/C18H17NOS/c1-12-18(19-13(2)21-12)16-6-4-14(5-7-16)15-8-10-17(20-3)11-9-15/h4-11H,1-3H3. The number of hydrogen-bond acceptors (Lipinski definition) is 3. The first-order valence-electron chi connectivity index (χ1n) is 6.86. The minimum Gasteiger partial charge on any atom is -0.497 e. The molecule has 1 heterocycles. The van der Waals surface area contributed by atoms with Gasteiger partial charge in [-0.3, -0.25) is 0 Å². The summed E-state index contributed by atoms with van der Waals surface area (Å²) in [6.45, 7) is 4.17. The Balaban J connectivity index is 1.91. The minimum absolute atomic E-state index is 0.879. The van der Waals surface area contributed by atoms with E-state index in [-0.39, 0.29) is 0 Å². The number of rotatable bonds is 3. The molecule has 0 N–H and O–H groups in total. The summed E-state index contributed by atoms with van der Waals surface area (Å²) in [6, 6.07) is 16.7. The topological polar surface area (TPSA) is 22.1 Å². The molecular formula is C18H17NOS. The number of thiazole rings is 1. The predicted octanol–water partition coefficient (Wildman–Crippen LogP) is 5.10. The Bertz CT molecular complexity index is 742. The first-order valence-corrected chi connectivity index (χ1v) is 7.68. The van der Waals surface area contributed by atoms with Crippen molar-refractivity contribution in [3.8, 4) is 28.1 Å². The summed E-state index contributed by atoms with van der Waals surface area (Å²) < 4.78 is 5.19. The average Bonchev–Trinajstić information content (AvgIpc) is 2.86. The smallest absolute Gasteiger partial charge is 0.118 e. The lowest BCUT2D eigenvalue weighted by Gasteiger charge is -2.05. The normalized spacial score (nSPS) is 10.6. The molecule has 21 heavy (non-hydrogen) atoms. The molecule has 0 spiro atoms. The summed E-state index contributed by atoms with van der Waals surface area (Å²) in [5.41, 5.74) is 4.66. The predicted molar refractivity (Wildman–Crippen MR) is 89.0 cm³/mol. The van der Waals surface area contributed by atoms with Crippen LogP contribution in [0.15, 0.2) is 48.5 Å². The van der Waals surface area contributed by atoms with Crippen LogP contribution in [0.25, 0.3) is 22.4 Å². The van der Waals surface area contributed by atoms with Crippen molar-refractivity contribution in [2.45, 2.75) is 13.8 Å². The lowest BCUT2D eigenvalue weighted by molar-refractivity contribution is 0.415. The van der Waals surface area contributed by atoms with Crippen molar-refractivity contribution in [3.05, 3.63) is 58.4 Å². The van der Waals surface area contributed by atoms with E-state index in [2.05, 4.69) is 48.3 Å². The quantitative estimate of drug-likeness (QED) is 0.670. The fourth-order valence-corrected chi connectivity index (χ4v) is 3.24. The minimum atomic E-state index is 0.879. The van der Waals surface area contributed by atoms with Crippen molar-refractivity contribution < 1.29 is 4.74 Å². The molecule has 0 amide bonds. The van der Waals surface area contributed by atoms with Crippen LogP contribution in [0.4, 0.5) is 0 Å². The second-order valence-corrected chi connectivity index (χ2v) is 6.35. The molecule has 2 aromatic carbocycles. The fraction of sp³-hybridized carbons (Fsp3) is 0.167. The highest BCUT2D eigenvalue weighted by Crippen LogP contribution is 2.29. The summed E-state index contributed by atoms with van der Waals surface area (Å²) in [7, 11) is 1.68. The van der Waals surface area contributed by atoms with E-state index < -0.39 is 0 Å². The third-order valence-corrected chi connectivity index (χ3v) is 4.37. The van der Waals surface area contributed by atoms with Crippen molar-refractivity contribution in [1.29, 1.82) is 0 Å². The molecule has 0 unspecified atom stereocenters. The average molecular weight is 295 g/mol. The second-order valence-electron chi connectivity index (χ2n) is 4.94. The van der Waals surface area contributed by atoms with Crippen LogP contribution in [-0.4, -0.2) is 12.1 Å². The molecule has 3 heteroatoms. The zero-order chi connectivity index (χ0) is 14.8. The molecule has 3 rings (SSSR count). The van der Waals surface area contributed by atoms with E-state index in [1.54, 1.807) is 18.4 Å². The highest BCUT2D eigenvalue weighted by Gasteiger charge is 2.07. The van der Waals surface area contributed by atoms with Crippen LogP contribution in [0, 0.1) is 13.8 Å². The van der Waals surface area contributed by atoms with Crippen LogP contribution >= 0.6 is 11.3 Å². The molecule has 106 valence electrons. The summed E-state index contributed by atoms with van der Waals surface area (Å²) >= 11 is 1.74. The van der Waals surface area contributed by atoms with Gasteiger partial charge in [-0.05, 0) is 37.1 Å². The second kappa shape index (κ2) is 5.70. The highest BCUT2D eigenvalue weighted by molar-refractivity contribution is 7.11. The zero-order valence-corrected chi connectivity index (χ0v) is 13.2. The largest absolute Gasteiger partial charge is 0.497 e. The van der Waals surface area contributed by atoms with E-state index in [9.17, 15) is 0 Å². The summed E-state index contributed by atoms with van der Waals surface area (Å²) in [5.74, 6) is 0.879. The van der Waals surface area contributed by atoms with Gasteiger partial charge in [-0.15, -0.1) is 11.3 Å². The number of nitrogens with zero attached hydrogens (tertiary/aromatic N) is 1. The van der Waals surface area contributed by atoms with Gasteiger partial charge in [0.15, 0.2) is 0 Å². The van der Waals surface area contributed by atoms with Gasteiger partial charge in [0.05, 0.1) is 17.8 Å². The van der Waals surface area contributed by atoms with Gasteiger partial charge in [0.2, 0.25) is 0 Å². The Morgan fingerprint density at radius 3 is 1.81 bits per heavy atom. The Labute approximate surface area is 129 Å². The third-order valence-electron chi connectivity index (χ3n) is 3.49. The molecular weight excluding hydrogens is 278 g/mol. The molecule has 0 bridgehead atoms. The van der Waals surface area contributed by atoms with Crippen molar-refractivity contribution in [2.24, 2.45) is 0 Å². The lowest BCUT2D eigenvalue weighted by atomic mass is 10.0. The molecule has 0 saturated carbocycles. The zero-order valence-electron chi connectivity index (χ0n) is 12.4. The number of methoxy groups -OCH3 is 1. The Morgan fingerprint density at radius 2 is 1.33 bits per heavy atom. The molecule has 3 aromatic rings. The Morgan fingerprint density at radius 1 is 0.810 bits per heavy atom. The van der Waals surface area contributed by atoms with Crippen molar-refractivity contribution in [3.63, 3.8) is 0 Å². The van der Waals surface area contributed by atoms with E-state index in [4.69, 9.17) is 4.74 Å². The first-order chi connectivity index (χ1) is 10.2. The van der Waals surface area contributed by atoms with Crippen LogP contribution in [0.1, 0.15) is 9.88 Å². The van der Waals surface area contributed by atoms with Gasteiger partial charge in [0.1, 0.15) is 5.75 Å². The SMILES string of the molecule is COc1ccc(-c2ccc(-c3nc(C)sc3C)cc2)cc1. The van der Waals surface area contributed by atoms with E-state index in [1.807, 2.05) is 19.1 Å². The van der Waals surface area contributed by atoms with Crippen molar-refractivity contribution in [2.75, 3.05) is 7.11 Å². The van der Waals surface area contributed by atoms with Gasteiger partial charge >= 0.3 is 0 Å². The summed E-state index contributed by atoms with van der Waals surface area (Å²) in [6.07, 6.45) is 0. The van der Waals surface area contributed by atoms with Gasteiger partial charge < -0.3 is 4.74 Å². The molecule has 0 atom stereocenters. The van der Waals surface area contributed by atoms with Gasteiger partial charge in [-0.25, -0.2) is 4.98 Å². The van der Waals surface area contributed by atoms with Crippen LogP contribution in [0.5, 0.6) is 5.75 Å². The maximum atomic E-state index is 5.19. The van der Waals surface area contributed by atoms with Gasteiger partial charge in [-0.1, -0.05) is 36.4 Å². The monoisotopic (exact) mass is 295 g/mol. The number of aromatic nitrogens is 1. The first kappa shape index (κ1) is 13.8. The maximum absolute atomic E-state index is 5.19. The van der Waals surface area contributed by atoms with Gasteiger partial charge in [0, 0.05) is 10.4 Å².